The summed E-state index contributed by atoms with van der Waals surface area (Å²) in [7, 11) is 0. The standard InChI is InChI=1S/C28H21F2N7O/c1-14(2)28(38)33-18-9-16(12-31-13-18)20-10-21-23(11-22(20)30)36-37-25(21)27-34-24-19(7-8-32-26(24)35-27)15-3-5-17(29)6-4-15/h3-14H,1-2H3,(H,33,38)(H,36,37)(H,32,34,35). The molecular formula is C28H21F2N7O. The molecule has 0 fully saturated rings. The number of aromatic nitrogens is 6. The number of aromatic amines is 2. The first-order valence-corrected chi connectivity index (χ1v) is 11.9. The summed E-state index contributed by atoms with van der Waals surface area (Å²) in [6.07, 6.45) is 4.69. The number of hydrogen-bond donors (Lipinski definition) is 3. The van der Waals surface area contributed by atoms with E-state index in [0.29, 0.717) is 50.4 Å². The molecule has 0 aliphatic rings. The minimum atomic E-state index is -0.466. The van der Waals surface area contributed by atoms with Gasteiger partial charge in [0.1, 0.15) is 17.3 Å². The molecule has 188 valence electrons. The SMILES string of the molecule is CC(C)C(=O)Nc1cncc(-c2cc3c(-c4nc5nccc(-c6ccc(F)cc6)c5[nH]4)n[nH]c3cc2F)c1. The van der Waals surface area contributed by atoms with Crippen molar-refractivity contribution in [2.75, 3.05) is 5.32 Å². The van der Waals surface area contributed by atoms with E-state index in [2.05, 4.69) is 35.5 Å². The van der Waals surface area contributed by atoms with Crippen LogP contribution in [0.3, 0.4) is 0 Å². The van der Waals surface area contributed by atoms with Crippen LogP contribution >= 0.6 is 0 Å². The molecule has 0 unspecified atom stereocenters. The third-order valence-electron chi connectivity index (χ3n) is 6.26. The first kappa shape index (κ1) is 23.4. The highest BCUT2D eigenvalue weighted by molar-refractivity contribution is 5.98. The van der Waals surface area contributed by atoms with Crippen molar-refractivity contribution in [3.8, 4) is 33.8 Å². The molecule has 1 amide bonds. The van der Waals surface area contributed by atoms with Crippen molar-refractivity contribution in [1.82, 2.24) is 30.1 Å². The van der Waals surface area contributed by atoms with Gasteiger partial charge in [-0.2, -0.15) is 5.10 Å². The van der Waals surface area contributed by atoms with E-state index in [4.69, 9.17) is 0 Å². The minimum Gasteiger partial charge on any atom is -0.335 e. The van der Waals surface area contributed by atoms with Gasteiger partial charge in [-0.3, -0.25) is 14.9 Å². The maximum Gasteiger partial charge on any atom is 0.226 e. The fraction of sp³-hybridized carbons (Fsp3) is 0.107. The number of carbonyl (C=O) groups excluding carboxylic acids is 1. The van der Waals surface area contributed by atoms with Gasteiger partial charge >= 0.3 is 0 Å². The zero-order valence-corrected chi connectivity index (χ0v) is 20.4. The summed E-state index contributed by atoms with van der Waals surface area (Å²) in [5.41, 5.74) is 5.02. The second kappa shape index (κ2) is 9.15. The lowest BCUT2D eigenvalue weighted by Gasteiger charge is -2.09. The molecule has 4 heterocycles. The Morgan fingerprint density at radius 1 is 0.974 bits per heavy atom. The highest BCUT2D eigenvalue weighted by atomic mass is 19.1. The average Bonchev–Trinajstić information content (AvgIpc) is 3.52. The number of hydrogen-bond acceptors (Lipinski definition) is 5. The van der Waals surface area contributed by atoms with E-state index in [0.717, 1.165) is 11.1 Å². The number of amides is 1. The van der Waals surface area contributed by atoms with Crippen molar-refractivity contribution >= 4 is 33.7 Å². The van der Waals surface area contributed by atoms with Gasteiger partial charge in [-0.25, -0.2) is 18.7 Å². The molecule has 0 aliphatic carbocycles. The van der Waals surface area contributed by atoms with Crippen molar-refractivity contribution in [1.29, 1.82) is 0 Å². The fourth-order valence-corrected chi connectivity index (χ4v) is 4.28. The number of carbonyl (C=O) groups is 1. The molecule has 0 spiro atoms. The number of imidazole rings is 1. The van der Waals surface area contributed by atoms with Gasteiger partial charge < -0.3 is 10.3 Å². The summed E-state index contributed by atoms with van der Waals surface area (Å²) < 4.78 is 28.6. The molecular weight excluding hydrogens is 488 g/mol. The molecule has 3 N–H and O–H groups in total. The van der Waals surface area contributed by atoms with Crippen molar-refractivity contribution in [3.05, 3.63) is 78.8 Å². The van der Waals surface area contributed by atoms with Crippen LogP contribution in [-0.2, 0) is 4.79 Å². The number of nitrogens with one attached hydrogen (secondary N) is 3. The van der Waals surface area contributed by atoms with E-state index < -0.39 is 5.82 Å². The van der Waals surface area contributed by atoms with Crippen LogP contribution in [0.4, 0.5) is 14.5 Å². The number of benzene rings is 2. The zero-order valence-electron chi connectivity index (χ0n) is 20.4. The molecule has 2 aromatic carbocycles. The third-order valence-corrected chi connectivity index (χ3v) is 6.26. The maximum absolute atomic E-state index is 15.2. The van der Waals surface area contributed by atoms with E-state index >= 15 is 4.39 Å². The second-order valence-electron chi connectivity index (χ2n) is 9.21. The Balaban J connectivity index is 1.44. The van der Waals surface area contributed by atoms with Crippen LogP contribution < -0.4 is 5.32 Å². The Labute approximate surface area is 215 Å². The number of fused-ring (bicyclic) bond motifs is 2. The van der Waals surface area contributed by atoms with Crippen molar-refractivity contribution < 1.29 is 13.6 Å². The van der Waals surface area contributed by atoms with Gasteiger partial charge in [0.05, 0.1) is 22.9 Å². The first-order chi connectivity index (χ1) is 18.4. The number of nitrogens with zero attached hydrogens (tertiary/aromatic N) is 4. The normalized spacial score (nSPS) is 11.5. The van der Waals surface area contributed by atoms with E-state index in [1.54, 1.807) is 44.3 Å². The highest BCUT2D eigenvalue weighted by Gasteiger charge is 2.19. The minimum absolute atomic E-state index is 0.157. The highest BCUT2D eigenvalue weighted by Crippen LogP contribution is 2.34. The van der Waals surface area contributed by atoms with E-state index in [-0.39, 0.29) is 17.6 Å². The number of pyridine rings is 2. The van der Waals surface area contributed by atoms with Crippen LogP contribution in [-0.4, -0.2) is 36.0 Å². The number of H-pyrrole nitrogens is 2. The monoisotopic (exact) mass is 509 g/mol. The van der Waals surface area contributed by atoms with Gasteiger partial charge in [-0.15, -0.1) is 0 Å². The molecule has 0 saturated heterocycles. The van der Waals surface area contributed by atoms with Gasteiger partial charge in [-0.05, 0) is 35.9 Å². The van der Waals surface area contributed by atoms with Crippen LogP contribution in [0.2, 0.25) is 0 Å². The molecule has 0 saturated carbocycles. The molecule has 38 heavy (non-hydrogen) atoms. The molecule has 8 nitrogen and oxygen atoms in total. The Morgan fingerprint density at radius 2 is 1.79 bits per heavy atom. The molecule has 0 aliphatic heterocycles. The predicted octanol–water partition coefficient (Wildman–Crippen LogP) is 6.10. The molecule has 6 rings (SSSR count). The van der Waals surface area contributed by atoms with Crippen molar-refractivity contribution in [3.63, 3.8) is 0 Å². The largest absolute Gasteiger partial charge is 0.335 e. The Bertz CT molecular complexity index is 1820. The summed E-state index contributed by atoms with van der Waals surface area (Å²) in [5.74, 6) is -0.704. The maximum atomic E-state index is 15.2. The molecule has 10 heteroatoms. The molecule has 4 aromatic heterocycles. The van der Waals surface area contributed by atoms with Crippen LogP contribution in [0.1, 0.15) is 13.8 Å². The number of anilines is 1. The molecule has 0 atom stereocenters. The predicted molar refractivity (Wildman–Crippen MR) is 141 cm³/mol. The van der Waals surface area contributed by atoms with Gasteiger partial charge in [0.25, 0.3) is 0 Å². The summed E-state index contributed by atoms with van der Waals surface area (Å²) in [6, 6.07) is 12.7. The topological polar surface area (TPSA) is 112 Å². The summed E-state index contributed by atoms with van der Waals surface area (Å²) >= 11 is 0. The second-order valence-corrected chi connectivity index (χ2v) is 9.21. The van der Waals surface area contributed by atoms with Crippen LogP contribution in [0.25, 0.3) is 55.8 Å². The Morgan fingerprint density at radius 3 is 2.58 bits per heavy atom. The lowest BCUT2D eigenvalue weighted by atomic mass is 10.0. The Hall–Kier alpha value is -4.99. The van der Waals surface area contributed by atoms with Crippen LogP contribution in [0.15, 0.2) is 67.1 Å². The summed E-state index contributed by atoms with van der Waals surface area (Å²) in [4.78, 5) is 28.6. The van der Waals surface area contributed by atoms with Crippen molar-refractivity contribution in [2.45, 2.75) is 13.8 Å². The summed E-state index contributed by atoms with van der Waals surface area (Å²) in [6.45, 7) is 3.58. The lowest BCUT2D eigenvalue weighted by Crippen LogP contribution is -2.17. The van der Waals surface area contributed by atoms with Gasteiger partial charge in [0.15, 0.2) is 11.5 Å². The quantitative estimate of drug-likeness (QED) is 0.260. The zero-order chi connectivity index (χ0) is 26.4. The Kier molecular flexibility index (Phi) is 5.64. The molecule has 6 aromatic rings. The van der Waals surface area contributed by atoms with Gasteiger partial charge in [-0.1, -0.05) is 26.0 Å². The molecule has 0 radical (unpaired) electrons. The first-order valence-electron chi connectivity index (χ1n) is 11.9. The number of halogens is 2. The van der Waals surface area contributed by atoms with E-state index in [1.807, 2.05) is 6.07 Å². The third kappa shape index (κ3) is 4.15. The number of rotatable bonds is 5. The summed E-state index contributed by atoms with van der Waals surface area (Å²) in [5, 5.41) is 10.7. The fourth-order valence-electron chi connectivity index (χ4n) is 4.28. The molecule has 0 bridgehead atoms. The van der Waals surface area contributed by atoms with Crippen LogP contribution in [0, 0.1) is 17.6 Å². The van der Waals surface area contributed by atoms with Gasteiger partial charge in [0.2, 0.25) is 5.91 Å². The van der Waals surface area contributed by atoms with E-state index in [9.17, 15) is 9.18 Å². The van der Waals surface area contributed by atoms with Crippen molar-refractivity contribution in [2.24, 2.45) is 5.92 Å². The lowest BCUT2D eigenvalue weighted by molar-refractivity contribution is -0.118. The van der Waals surface area contributed by atoms with Gasteiger partial charge in [0, 0.05) is 46.5 Å². The average molecular weight is 510 g/mol. The smallest absolute Gasteiger partial charge is 0.226 e. The van der Waals surface area contributed by atoms with E-state index in [1.165, 1.54) is 30.6 Å². The van der Waals surface area contributed by atoms with Crippen LogP contribution in [0.5, 0.6) is 0 Å².